The third kappa shape index (κ3) is 3.07. The standard InChI is InChI=1S/C23H24N2O3/c1-3-4-13-24-15-20(18-7-5-6-8-21(18)24)19-14-22(26)25(23(19)27)16-9-11-17(28-2)12-10-16/h5-12,15,19H,3-4,13-14H2,1-2H3/t19-/m0/s1. The van der Waals surface area contributed by atoms with E-state index < -0.39 is 5.92 Å². The molecule has 4 rings (SSSR count). The Kier molecular flexibility index (Phi) is 4.90. The van der Waals surface area contributed by atoms with Crippen molar-refractivity contribution in [2.75, 3.05) is 12.0 Å². The first-order chi connectivity index (χ1) is 13.6. The Morgan fingerprint density at radius 3 is 2.54 bits per heavy atom. The molecule has 1 fully saturated rings. The second kappa shape index (κ2) is 7.50. The van der Waals surface area contributed by atoms with Gasteiger partial charge in [0, 0.05) is 30.1 Å². The molecule has 144 valence electrons. The van der Waals surface area contributed by atoms with Crippen LogP contribution < -0.4 is 9.64 Å². The number of fused-ring (bicyclic) bond motifs is 1. The van der Waals surface area contributed by atoms with Gasteiger partial charge < -0.3 is 9.30 Å². The smallest absolute Gasteiger partial charge is 0.241 e. The van der Waals surface area contributed by atoms with Crippen LogP contribution in [0.15, 0.2) is 54.7 Å². The minimum absolute atomic E-state index is 0.159. The predicted octanol–water partition coefficient (Wildman–Crippen LogP) is 4.50. The molecule has 0 saturated carbocycles. The Bertz CT molecular complexity index is 1020. The average molecular weight is 376 g/mol. The SMILES string of the molecule is CCCCn1cc([C@@H]2CC(=O)N(c3ccc(OC)cc3)C2=O)c2ccccc21. The molecule has 1 saturated heterocycles. The van der Waals surface area contributed by atoms with Gasteiger partial charge in [-0.15, -0.1) is 0 Å². The van der Waals surface area contributed by atoms with E-state index >= 15 is 0 Å². The molecule has 0 aliphatic carbocycles. The fourth-order valence-electron chi connectivity index (χ4n) is 3.94. The summed E-state index contributed by atoms with van der Waals surface area (Å²) < 4.78 is 7.38. The number of hydrogen-bond donors (Lipinski definition) is 0. The Labute approximate surface area is 164 Å². The minimum Gasteiger partial charge on any atom is -0.497 e. The number of anilines is 1. The van der Waals surface area contributed by atoms with Crippen molar-refractivity contribution in [2.45, 2.75) is 38.6 Å². The zero-order valence-electron chi connectivity index (χ0n) is 16.2. The fraction of sp³-hybridized carbons (Fsp3) is 0.304. The molecule has 1 aliphatic rings. The van der Waals surface area contributed by atoms with Crippen LogP contribution in [0.5, 0.6) is 5.75 Å². The fourth-order valence-corrected chi connectivity index (χ4v) is 3.94. The van der Waals surface area contributed by atoms with E-state index in [1.165, 1.54) is 4.90 Å². The Morgan fingerprint density at radius 1 is 1.07 bits per heavy atom. The van der Waals surface area contributed by atoms with Crippen LogP contribution in [0.1, 0.15) is 37.7 Å². The summed E-state index contributed by atoms with van der Waals surface area (Å²) in [6.45, 7) is 3.08. The molecule has 0 radical (unpaired) electrons. The highest BCUT2D eigenvalue weighted by Gasteiger charge is 2.41. The number of imide groups is 1. The third-order valence-corrected chi connectivity index (χ3v) is 5.42. The van der Waals surface area contributed by atoms with E-state index in [2.05, 4.69) is 23.8 Å². The molecule has 0 bridgehead atoms. The van der Waals surface area contributed by atoms with E-state index in [9.17, 15) is 9.59 Å². The summed E-state index contributed by atoms with van der Waals surface area (Å²) in [4.78, 5) is 27.2. The average Bonchev–Trinajstić information content (AvgIpc) is 3.23. The molecule has 1 aliphatic heterocycles. The van der Waals surface area contributed by atoms with Crippen LogP contribution in [-0.4, -0.2) is 23.5 Å². The van der Waals surface area contributed by atoms with Crippen LogP contribution in [0.2, 0.25) is 0 Å². The van der Waals surface area contributed by atoms with Gasteiger partial charge in [-0.1, -0.05) is 31.5 Å². The molecule has 1 aromatic heterocycles. The van der Waals surface area contributed by atoms with Crippen molar-refractivity contribution < 1.29 is 14.3 Å². The molecule has 2 amide bonds. The highest BCUT2D eigenvalue weighted by Crippen LogP contribution is 2.37. The minimum atomic E-state index is -0.442. The number of hydrogen-bond acceptors (Lipinski definition) is 3. The van der Waals surface area contributed by atoms with Gasteiger partial charge in [0.15, 0.2) is 0 Å². The number of rotatable bonds is 6. The van der Waals surface area contributed by atoms with Crippen molar-refractivity contribution >= 4 is 28.4 Å². The van der Waals surface area contributed by atoms with E-state index in [0.29, 0.717) is 11.4 Å². The van der Waals surface area contributed by atoms with Gasteiger partial charge in [-0.05, 0) is 42.3 Å². The number of unbranched alkanes of at least 4 members (excludes halogenated alkanes) is 1. The molecule has 3 aromatic rings. The molecule has 0 spiro atoms. The molecule has 2 aromatic carbocycles. The Hall–Kier alpha value is -3.08. The monoisotopic (exact) mass is 376 g/mol. The Balaban J connectivity index is 1.70. The van der Waals surface area contributed by atoms with E-state index in [-0.39, 0.29) is 18.2 Å². The molecule has 5 nitrogen and oxygen atoms in total. The third-order valence-electron chi connectivity index (χ3n) is 5.42. The maximum Gasteiger partial charge on any atom is 0.241 e. The van der Waals surface area contributed by atoms with Gasteiger partial charge in [0.1, 0.15) is 5.75 Å². The van der Waals surface area contributed by atoms with Crippen molar-refractivity contribution in [3.63, 3.8) is 0 Å². The van der Waals surface area contributed by atoms with Crippen LogP contribution in [0.3, 0.4) is 0 Å². The molecule has 1 atom stereocenters. The van der Waals surface area contributed by atoms with Crippen LogP contribution in [0.4, 0.5) is 5.69 Å². The lowest BCUT2D eigenvalue weighted by Gasteiger charge is -2.15. The van der Waals surface area contributed by atoms with Gasteiger partial charge in [-0.25, -0.2) is 0 Å². The molecule has 0 N–H and O–H groups in total. The van der Waals surface area contributed by atoms with Crippen molar-refractivity contribution in [3.8, 4) is 5.75 Å². The maximum absolute atomic E-state index is 13.2. The number of ether oxygens (including phenoxy) is 1. The predicted molar refractivity (Wildman–Crippen MR) is 110 cm³/mol. The molecular weight excluding hydrogens is 352 g/mol. The highest BCUT2D eigenvalue weighted by atomic mass is 16.5. The number of benzene rings is 2. The van der Waals surface area contributed by atoms with E-state index in [1.54, 1.807) is 31.4 Å². The quantitative estimate of drug-likeness (QED) is 0.595. The van der Waals surface area contributed by atoms with Crippen molar-refractivity contribution in [1.82, 2.24) is 4.57 Å². The van der Waals surface area contributed by atoms with Crippen molar-refractivity contribution in [1.29, 1.82) is 0 Å². The highest BCUT2D eigenvalue weighted by molar-refractivity contribution is 6.23. The molecule has 0 unspecified atom stereocenters. The van der Waals surface area contributed by atoms with Crippen molar-refractivity contribution in [3.05, 3.63) is 60.3 Å². The molecule has 28 heavy (non-hydrogen) atoms. The van der Waals surface area contributed by atoms with E-state index in [0.717, 1.165) is 35.9 Å². The van der Waals surface area contributed by atoms with Gasteiger partial charge >= 0.3 is 0 Å². The Morgan fingerprint density at radius 2 is 1.82 bits per heavy atom. The molecule has 5 heteroatoms. The topological polar surface area (TPSA) is 51.5 Å². The first-order valence-electron chi connectivity index (χ1n) is 9.72. The second-order valence-corrected chi connectivity index (χ2v) is 7.17. The second-order valence-electron chi connectivity index (χ2n) is 7.17. The molecular formula is C23H24N2O3. The van der Waals surface area contributed by atoms with E-state index in [4.69, 9.17) is 4.74 Å². The number of carbonyl (C=O) groups excluding carboxylic acids is 2. The number of methoxy groups -OCH3 is 1. The summed E-state index contributed by atoms with van der Waals surface area (Å²) >= 11 is 0. The van der Waals surface area contributed by atoms with Crippen LogP contribution in [0, 0.1) is 0 Å². The van der Waals surface area contributed by atoms with Gasteiger partial charge in [-0.2, -0.15) is 0 Å². The number of aryl methyl sites for hydroxylation is 1. The number of nitrogens with zero attached hydrogens (tertiary/aromatic N) is 2. The number of carbonyl (C=O) groups is 2. The maximum atomic E-state index is 13.2. The van der Waals surface area contributed by atoms with Gasteiger partial charge in [0.05, 0.1) is 18.7 Å². The molecule has 2 heterocycles. The zero-order chi connectivity index (χ0) is 19.7. The van der Waals surface area contributed by atoms with Gasteiger partial charge in [-0.3, -0.25) is 14.5 Å². The number of amides is 2. The van der Waals surface area contributed by atoms with Gasteiger partial charge in [0.25, 0.3) is 0 Å². The number of aromatic nitrogens is 1. The normalized spacial score (nSPS) is 16.9. The van der Waals surface area contributed by atoms with E-state index in [1.807, 2.05) is 18.2 Å². The first-order valence-corrected chi connectivity index (χ1v) is 9.72. The summed E-state index contributed by atoms with van der Waals surface area (Å²) in [5.74, 6) is -0.0696. The first kappa shape index (κ1) is 18.3. The summed E-state index contributed by atoms with van der Waals surface area (Å²) in [5, 5.41) is 1.06. The van der Waals surface area contributed by atoms with Gasteiger partial charge in [0.2, 0.25) is 11.8 Å². The summed E-state index contributed by atoms with van der Waals surface area (Å²) in [6.07, 6.45) is 4.45. The van der Waals surface area contributed by atoms with Crippen LogP contribution in [-0.2, 0) is 16.1 Å². The lowest BCUT2D eigenvalue weighted by Crippen LogP contribution is -2.29. The number of para-hydroxylation sites is 1. The van der Waals surface area contributed by atoms with Crippen LogP contribution >= 0.6 is 0 Å². The summed E-state index contributed by atoms with van der Waals surface area (Å²) in [5.41, 5.74) is 2.66. The summed E-state index contributed by atoms with van der Waals surface area (Å²) in [7, 11) is 1.59. The lowest BCUT2D eigenvalue weighted by molar-refractivity contribution is -0.121. The largest absolute Gasteiger partial charge is 0.497 e. The van der Waals surface area contributed by atoms with Crippen molar-refractivity contribution in [2.24, 2.45) is 0 Å². The van der Waals surface area contributed by atoms with Crippen LogP contribution in [0.25, 0.3) is 10.9 Å². The summed E-state index contributed by atoms with van der Waals surface area (Å²) in [6, 6.07) is 15.2. The zero-order valence-corrected chi connectivity index (χ0v) is 16.2. The lowest BCUT2D eigenvalue weighted by atomic mass is 9.97.